The number of carbonyl (C=O) groups excluding carboxylic acids is 1. The Kier molecular flexibility index (Phi) is 7.39. The van der Waals surface area contributed by atoms with Gasteiger partial charge in [-0.3, -0.25) is 14.6 Å². The molecule has 0 aliphatic heterocycles. The number of aromatic nitrogens is 5. The van der Waals surface area contributed by atoms with Crippen LogP contribution in [-0.4, -0.2) is 29.6 Å². The third kappa shape index (κ3) is 5.13. The molecule has 0 spiro atoms. The molecular weight excluding hydrogens is 591 g/mol. The Morgan fingerprint density at radius 2 is 1.98 bits per heavy atom. The topological polar surface area (TPSA) is 94.7 Å². The smallest absolute Gasteiger partial charge is 0.291 e. The summed E-state index contributed by atoms with van der Waals surface area (Å²) in [4.78, 5) is 32.2. The van der Waals surface area contributed by atoms with Gasteiger partial charge >= 0.3 is 0 Å². The van der Waals surface area contributed by atoms with E-state index in [-0.39, 0.29) is 30.2 Å². The molecular formula is C27H18ClFN6O2S3. The van der Waals surface area contributed by atoms with Crippen molar-refractivity contribution in [3.63, 3.8) is 0 Å². The van der Waals surface area contributed by atoms with Crippen molar-refractivity contribution in [1.29, 1.82) is 0 Å². The predicted molar refractivity (Wildman–Crippen MR) is 157 cm³/mol. The van der Waals surface area contributed by atoms with Crippen LogP contribution in [0.5, 0.6) is 0 Å². The first-order chi connectivity index (χ1) is 19.5. The van der Waals surface area contributed by atoms with Gasteiger partial charge in [-0.05, 0) is 70.3 Å². The van der Waals surface area contributed by atoms with E-state index in [1.165, 1.54) is 41.0 Å². The van der Waals surface area contributed by atoms with Gasteiger partial charge in [-0.15, -0.1) is 11.3 Å². The van der Waals surface area contributed by atoms with Gasteiger partial charge in [-0.25, -0.2) is 8.76 Å². The number of hydrogen-bond donors (Lipinski definition) is 1. The minimum absolute atomic E-state index is 0.0932. The van der Waals surface area contributed by atoms with Gasteiger partial charge in [0, 0.05) is 28.9 Å². The zero-order valence-electron chi connectivity index (χ0n) is 20.5. The van der Waals surface area contributed by atoms with E-state index in [1.807, 2.05) is 22.9 Å². The van der Waals surface area contributed by atoms with Crippen molar-refractivity contribution in [1.82, 2.24) is 23.7 Å². The van der Waals surface area contributed by atoms with Crippen LogP contribution in [0.15, 0.2) is 82.5 Å². The number of nitrogens with one attached hydrogen (secondary N) is 1. The normalized spacial score (nSPS) is 11.2. The second-order valence-corrected chi connectivity index (χ2v) is 11.9. The van der Waals surface area contributed by atoms with Gasteiger partial charge in [0.05, 0.1) is 28.8 Å². The molecule has 0 aliphatic carbocycles. The Labute approximate surface area is 244 Å². The molecule has 0 atom stereocenters. The molecule has 0 aliphatic rings. The summed E-state index contributed by atoms with van der Waals surface area (Å²) in [5.74, 6) is -1.38. The summed E-state index contributed by atoms with van der Waals surface area (Å²) in [5.41, 5.74) is 1.74. The standard InChI is InChI=1S/C27H18ClFN6O2S3/c28-21-6-4-17(39-21)13-31-26-23(29)24(33-35(26)27(37)20-8-11-32-40-20)18-5-7-22(36)34(14-16-9-12-38-15-16)25(18)19-3-1-2-10-30-19/h1-12,15,31H,13-14H2. The number of thiophene rings is 2. The zero-order valence-corrected chi connectivity index (χ0v) is 23.7. The molecule has 40 heavy (non-hydrogen) atoms. The Hall–Kier alpha value is -3.97. The first-order valence-electron chi connectivity index (χ1n) is 11.9. The van der Waals surface area contributed by atoms with Gasteiger partial charge in [-0.2, -0.15) is 21.1 Å². The minimum atomic E-state index is -0.738. The van der Waals surface area contributed by atoms with Crippen LogP contribution < -0.4 is 10.9 Å². The van der Waals surface area contributed by atoms with E-state index >= 15 is 4.39 Å². The molecule has 1 N–H and O–H groups in total. The third-order valence-electron chi connectivity index (χ3n) is 5.99. The highest BCUT2D eigenvalue weighted by atomic mass is 35.5. The average molecular weight is 609 g/mol. The van der Waals surface area contributed by atoms with Crippen LogP contribution in [0, 0.1) is 5.82 Å². The predicted octanol–water partition coefficient (Wildman–Crippen LogP) is 6.49. The Morgan fingerprint density at radius 1 is 1.07 bits per heavy atom. The fraction of sp³-hybridized carbons (Fsp3) is 0.0741. The Morgan fingerprint density at radius 3 is 2.67 bits per heavy atom. The first-order valence-corrected chi connectivity index (χ1v) is 14.8. The number of halogens is 2. The van der Waals surface area contributed by atoms with Gasteiger partial charge in [0.1, 0.15) is 10.6 Å². The van der Waals surface area contributed by atoms with Gasteiger partial charge in [0.2, 0.25) is 0 Å². The molecule has 0 aromatic carbocycles. The summed E-state index contributed by atoms with van der Waals surface area (Å²) < 4.78 is 23.5. The molecule has 0 bridgehead atoms. The highest BCUT2D eigenvalue weighted by molar-refractivity contribution is 7.16. The van der Waals surface area contributed by atoms with E-state index < -0.39 is 11.7 Å². The lowest BCUT2D eigenvalue weighted by Gasteiger charge is -2.15. The summed E-state index contributed by atoms with van der Waals surface area (Å²) >= 11 is 9.92. The molecule has 6 aromatic rings. The molecule has 0 fully saturated rings. The number of hydrogen-bond acceptors (Lipinski definition) is 9. The van der Waals surface area contributed by atoms with Gasteiger partial charge in [0.15, 0.2) is 11.6 Å². The van der Waals surface area contributed by atoms with Crippen molar-refractivity contribution < 1.29 is 9.18 Å². The number of carbonyl (C=O) groups is 1. The number of anilines is 1. The lowest BCUT2D eigenvalue weighted by Crippen LogP contribution is -2.22. The lowest BCUT2D eigenvalue weighted by atomic mass is 10.1. The highest BCUT2D eigenvalue weighted by Crippen LogP contribution is 2.35. The van der Waals surface area contributed by atoms with Crippen molar-refractivity contribution in [2.24, 2.45) is 0 Å². The summed E-state index contributed by atoms with van der Waals surface area (Å²) in [6, 6.07) is 15.2. The molecule has 6 aromatic heterocycles. The Bertz CT molecular complexity index is 1850. The molecule has 0 amide bonds. The SMILES string of the molecule is O=C(c1ccns1)n1nc(-c2ccc(=O)n(Cc3ccsc3)c2-c2ccccn2)c(F)c1NCc1ccc(Cl)s1. The number of nitrogens with zero attached hydrogens (tertiary/aromatic N) is 5. The second kappa shape index (κ2) is 11.3. The van der Waals surface area contributed by atoms with Crippen LogP contribution >= 0.6 is 45.8 Å². The van der Waals surface area contributed by atoms with Crippen LogP contribution in [0.4, 0.5) is 10.2 Å². The lowest BCUT2D eigenvalue weighted by molar-refractivity contribution is 0.0951. The zero-order chi connectivity index (χ0) is 27.6. The van der Waals surface area contributed by atoms with Crippen LogP contribution in [-0.2, 0) is 13.1 Å². The molecule has 0 radical (unpaired) electrons. The summed E-state index contributed by atoms with van der Waals surface area (Å²) in [5, 5.41) is 11.3. The van der Waals surface area contributed by atoms with E-state index in [1.54, 1.807) is 41.1 Å². The minimum Gasteiger partial charge on any atom is -0.363 e. The van der Waals surface area contributed by atoms with E-state index in [0.29, 0.717) is 26.2 Å². The fourth-order valence-electron chi connectivity index (χ4n) is 4.19. The van der Waals surface area contributed by atoms with Gasteiger partial charge < -0.3 is 9.88 Å². The summed E-state index contributed by atoms with van der Waals surface area (Å²) in [7, 11) is 0. The van der Waals surface area contributed by atoms with Crippen LogP contribution in [0.2, 0.25) is 4.34 Å². The summed E-state index contributed by atoms with van der Waals surface area (Å²) in [6.45, 7) is 0.481. The maximum Gasteiger partial charge on any atom is 0.291 e. The third-order valence-corrected chi connectivity index (χ3v) is 8.69. The van der Waals surface area contributed by atoms with Gasteiger partial charge in [0.25, 0.3) is 11.5 Å². The maximum atomic E-state index is 16.4. The summed E-state index contributed by atoms with van der Waals surface area (Å²) in [6.07, 6.45) is 3.10. The van der Waals surface area contributed by atoms with Gasteiger partial charge in [-0.1, -0.05) is 17.7 Å². The maximum absolute atomic E-state index is 16.4. The number of rotatable bonds is 8. The quantitative estimate of drug-likeness (QED) is 0.212. The van der Waals surface area contributed by atoms with Crippen molar-refractivity contribution in [3.8, 4) is 22.6 Å². The molecule has 6 heterocycles. The van der Waals surface area contributed by atoms with Crippen LogP contribution in [0.25, 0.3) is 22.6 Å². The highest BCUT2D eigenvalue weighted by Gasteiger charge is 2.28. The average Bonchev–Trinajstić information content (AvgIpc) is 3.78. The molecule has 8 nitrogen and oxygen atoms in total. The second-order valence-electron chi connectivity index (χ2n) is 8.53. The van der Waals surface area contributed by atoms with E-state index in [9.17, 15) is 9.59 Å². The van der Waals surface area contributed by atoms with Crippen molar-refractivity contribution in [2.45, 2.75) is 13.1 Å². The van der Waals surface area contributed by atoms with Crippen LogP contribution in [0.3, 0.4) is 0 Å². The molecule has 0 saturated heterocycles. The molecule has 6 rings (SSSR count). The van der Waals surface area contributed by atoms with Crippen molar-refractivity contribution >= 4 is 57.5 Å². The van der Waals surface area contributed by atoms with E-state index in [2.05, 4.69) is 19.8 Å². The molecule has 0 unspecified atom stereocenters. The number of pyridine rings is 2. The Balaban J connectivity index is 1.53. The molecule has 200 valence electrons. The van der Waals surface area contributed by atoms with E-state index in [4.69, 9.17) is 11.6 Å². The van der Waals surface area contributed by atoms with Crippen molar-refractivity contribution in [3.05, 3.63) is 114 Å². The monoisotopic (exact) mass is 608 g/mol. The van der Waals surface area contributed by atoms with E-state index in [0.717, 1.165) is 26.7 Å². The largest absolute Gasteiger partial charge is 0.363 e. The van der Waals surface area contributed by atoms with Crippen molar-refractivity contribution in [2.75, 3.05) is 5.32 Å². The fourth-order valence-corrected chi connectivity index (χ4v) is 6.40. The molecule has 13 heteroatoms. The molecule has 0 saturated carbocycles. The van der Waals surface area contributed by atoms with Crippen LogP contribution in [0.1, 0.15) is 20.1 Å². The first kappa shape index (κ1) is 26.3.